The number of nitrogens with two attached hydrogens (primary N) is 1. The van der Waals surface area contributed by atoms with E-state index in [0.29, 0.717) is 40.5 Å². The van der Waals surface area contributed by atoms with Crippen molar-refractivity contribution in [3.63, 3.8) is 0 Å². The number of hydrogen-bond acceptors (Lipinski definition) is 5. The van der Waals surface area contributed by atoms with E-state index in [9.17, 15) is 9.59 Å². The fourth-order valence-electron chi connectivity index (χ4n) is 4.34. The number of nitrogens with one attached hydrogen (secondary N) is 1. The van der Waals surface area contributed by atoms with E-state index in [-0.39, 0.29) is 5.91 Å². The van der Waals surface area contributed by atoms with Gasteiger partial charge in [0.05, 0.1) is 18.0 Å². The molecule has 1 aliphatic carbocycles. The molecule has 4 aromatic rings. The molecule has 0 aliphatic heterocycles. The highest BCUT2D eigenvalue weighted by atomic mass is 32.1. The standard InChI is InChI=1S/C30H30N4O3S/c1-3-37-24-15-13-22(14-16-24)26-27(28(35)32-18-20-7-5-4-6-8-20)38-30(33-26)34(29(31)36)25-17-23(21-11-12-21)10-9-19(25)2/h4-10,13-17,21H,3,11-12,18H2,1-2H3,(H2,31,36)(H,32,35). The largest absolute Gasteiger partial charge is 0.494 e. The van der Waals surface area contributed by atoms with Crippen LogP contribution in [0.4, 0.5) is 15.6 Å². The first-order chi connectivity index (χ1) is 18.4. The monoisotopic (exact) mass is 526 g/mol. The van der Waals surface area contributed by atoms with E-state index in [1.807, 2.05) is 80.6 Å². The van der Waals surface area contributed by atoms with Gasteiger partial charge in [0.2, 0.25) is 0 Å². The molecule has 3 amide bonds. The zero-order valence-electron chi connectivity index (χ0n) is 21.4. The van der Waals surface area contributed by atoms with Gasteiger partial charge in [-0.25, -0.2) is 14.7 Å². The number of thiazole rings is 1. The number of nitrogens with zero attached hydrogens (tertiary/aromatic N) is 2. The second-order valence-corrected chi connectivity index (χ2v) is 10.3. The molecule has 1 aliphatic rings. The second kappa shape index (κ2) is 11.1. The summed E-state index contributed by atoms with van der Waals surface area (Å²) in [5.41, 5.74) is 10.9. The summed E-state index contributed by atoms with van der Waals surface area (Å²) in [5, 5.41) is 3.34. The number of benzene rings is 3. The van der Waals surface area contributed by atoms with E-state index < -0.39 is 6.03 Å². The molecule has 3 N–H and O–H groups in total. The number of carbonyl (C=O) groups is 2. The zero-order valence-corrected chi connectivity index (χ0v) is 22.3. The Morgan fingerprint density at radius 1 is 1.08 bits per heavy atom. The second-order valence-electron chi connectivity index (χ2n) is 9.29. The maximum absolute atomic E-state index is 13.4. The first kappa shape index (κ1) is 25.5. The third kappa shape index (κ3) is 5.55. The molecule has 0 radical (unpaired) electrons. The van der Waals surface area contributed by atoms with Crippen LogP contribution < -0.4 is 20.7 Å². The van der Waals surface area contributed by atoms with Gasteiger partial charge < -0.3 is 15.8 Å². The number of rotatable bonds is 9. The van der Waals surface area contributed by atoms with Crippen LogP contribution in [-0.2, 0) is 6.54 Å². The van der Waals surface area contributed by atoms with Crippen LogP contribution >= 0.6 is 11.3 Å². The minimum atomic E-state index is -0.649. The summed E-state index contributed by atoms with van der Waals surface area (Å²) in [6, 6.07) is 22.6. The molecule has 0 saturated heterocycles. The predicted octanol–water partition coefficient (Wildman–Crippen LogP) is 6.54. The zero-order chi connectivity index (χ0) is 26.6. The molecule has 8 heteroatoms. The highest BCUT2D eigenvalue weighted by Gasteiger charge is 2.29. The van der Waals surface area contributed by atoms with Crippen molar-refractivity contribution in [1.82, 2.24) is 10.3 Å². The Bertz CT molecular complexity index is 1450. The Labute approximate surface area is 226 Å². The molecule has 194 valence electrons. The van der Waals surface area contributed by atoms with E-state index in [0.717, 1.165) is 46.6 Å². The van der Waals surface area contributed by atoms with Crippen LogP contribution in [-0.4, -0.2) is 23.5 Å². The molecule has 0 unspecified atom stereocenters. The fourth-order valence-corrected chi connectivity index (χ4v) is 5.37. The third-order valence-electron chi connectivity index (χ3n) is 6.49. The quantitative estimate of drug-likeness (QED) is 0.259. The molecule has 1 fully saturated rings. The lowest BCUT2D eigenvalue weighted by Gasteiger charge is -2.20. The van der Waals surface area contributed by atoms with Crippen LogP contribution in [0.5, 0.6) is 5.75 Å². The molecular formula is C30H30N4O3S. The van der Waals surface area contributed by atoms with Gasteiger partial charge in [0.25, 0.3) is 5.91 Å². The maximum atomic E-state index is 13.4. The molecule has 3 aromatic carbocycles. The normalized spacial score (nSPS) is 12.7. The summed E-state index contributed by atoms with van der Waals surface area (Å²) >= 11 is 1.15. The van der Waals surface area contributed by atoms with Gasteiger partial charge in [0.1, 0.15) is 10.6 Å². The van der Waals surface area contributed by atoms with Crippen molar-refractivity contribution >= 4 is 34.1 Å². The van der Waals surface area contributed by atoms with Crippen molar-refractivity contribution < 1.29 is 14.3 Å². The Morgan fingerprint density at radius 3 is 2.47 bits per heavy atom. The molecule has 38 heavy (non-hydrogen) atoms. The molecule has 0 atom stereocenters. The van der Waals surface area contributed by atoms with Gasteiger partial charge in [-0.15, -0.1) is 0 Å². The summed E-state index contributed by atoms with van der Waals surface area (Å²) in [7, 11) is 0. The van der Waals surface area contributed by atoms with E-state index in [4.69, 9.17) is 15.5 Å². The topological polar surface area (TPSA) is 97.5 Å². The summed E-state index contributed by atoms with van der Waals surface area (Å²) in [6.45, 7) is 4.79. The van der Waals surface area contributed by atoms with Crippen LogP contribution in [0.25, 0.3) is 11.3 Å². The van der Waals surface area contributed by atoms with Crippen molar-refractivity contribution in [2.75, 3.05) is 11.5 Å². The first-order valence-corrected chi connectivity index (χ1v) is 13.5. The molecule has 1 saturated carbocycles. The number of urea groups is 1. The number of aryl methyl sites for hydroxylation is 1. The highest BCUT2D eigenvalue weighted by molar-refractivity contribution is 7.18. The fraction of sp³-hybridized carbons (Fsp3) is 0.233. The molecule has 0 spiro atoms. The Balaban J connectivity index is 1.54. The summed E-state index contributed by atoms with van der Waals surface area (Å²) in [5.74, 6) is 0.974. The van der Waals surface area contributed by atoms with Crippen molar-refractivity contribution in [3.8, 4) is 17.0 Å². The Hall–Kier alpha value is -4.17. The van der Waals surface area contributed by atoms with Gasteiger partial charge in [-0.3, -0.25) is 4.79 Å². The van der Waals surface area contributed by atoms with Gasteiger partial charge >= 0.3 is 6.03 Å². The van der Waals surface area contributed by atoms with Gasteiger partial charge in [0, 0.05) is 12.1 Å². The van der Waals surface area contributed by atoms with Gasteiger partial charge in [-0.2, -0.15) is 0 Å². The van der Waals surface area contributed by atoms with Crippen LogP contribution in [0.3, 0.4) is 0 Å². The van der Waals surface area contributed by atoms with Gasteiger partial charge in [-0.05, 0) is 79.6 Å². The Morgan fingerprint density at radius 2 is 1.82 bits per heavy atom. The molecule has 5 rings (SSSR count). The van der Waals surface area contributed by atoms with Crippen molar-refractivity contribution in [2.45, 2.75) is 39.2 Å². The van der Waals surface area contributed by atoms with Crippen molar-refractivity contribution in [2.24, 2.45) is 5.73 Å². The average Bonchev–Trinajstić information content (AvgIpc) is 3.69. The minimum Gasteiger partial charge on any atom is -0.494 e. The maximum Gasteiger partial charge on any atom is 0.325 e. The van der Waals surface area contributed by atoms with E-state index in [2.05, 4.69) is 11.4 Å². The predicted molar refractivity (Wildman–Crippen MR) is 151 cm³/mol. The van der Waals surface area contributed by atoms with E-state index >= 15 is 0 Å². The lowest BCUT2D eigenvalue weighted by molar-refractivity contribution is 0.0955. The highest BCUT2D eigenvalue weighted by Crippen LogP contribution is 2.43. The van der Waals surface area contributed by atoms with Crippen LogP contribution in [0.1, 0.15) is 52.0 Å². The number of hydrogen-bond donors (Lipinski definition) is 2. The number of amides is 3. The first-order valence-electron chi connectivity index (χ1n) is 12.7. The van der Waals surface area contributed by atoms with Crippen LogP contribution in [0.2, 0.25) is 0 Å². The van der Waals surface area contributed by atoms with E-state index in [1.165, 1.54) is 10.5 Å². The molecule has 1 heterocycles. The van der Waals surface area contributed by atoms with Crippen molar-refractivity contribution in [1.29, 1.82) is 0 Å². The molecule has 0 bridgehead atoms. The lowest BCUT2D eigenvalue weighted by atomic mass is 10.1. The smallest absolute Gasteiger partial charge is 0.325 e. The van der Waals surface area contributed by atoms with Crippen LogP contribution in [0.15, 0.2) is 72.8 Å². The van der Waals surface area contributed by atoms with E-state index in [1.54, 1.807) is 0 Å². The minimum absolute atomic E-state index is 0.269. The molecular weight excluding hydrogens is 496 g/mol. The number of aromatic nitrogens is 1. The SMILES string of the molecule is CCOc1ccc(-c2nc(N(C(N)=O)c3cc(C4CC4)ccc3C)sc2C(=O)NCc2ccccc2)cc1. The number of ether oxygens (including phenoxy) is 1. The molecule has 1 aromatic heterocycles. The number of carbonyl (C=O) groups excluding carboxylic acids is 2. The van der Waals surface area contributed by atoms with Crippen LogP contribution in [0, 0.1) is 6.92 Å². The number of primary amides is 1. The summed E-state index contributed by atoms with van der Waals surface area (Å²) < 4.78 is 5.58. The lowest BCUT2D eigenvalue weighted by Crippen LogP contribution is -2.32. The average molecular weight is 527 g/mol. The summed E-state index contributed by atoms with van der Waals surface area (Å²) in [6.07, 6.45) is 2.29. The molecule has 7 nitrogen and oxygen atoms in total. The van der Waals surface area contributed by atoms with Gasteiger partial charge in [-0.1, -0.05) is 53.8 Å². The van der Waals surface area contributed by atoms with Crippen molar-refractivity contribution in [3.05, 3.63) is 94.4 Å². The summed E-state index contributed by atoms with van der Waals surface area (Å²) in [4.78, 5) is 32.9. The Kier molecular flexibility index (Phi) is 7.42. The number of anilines is 2. The third-order valence-corrected chi connectivity index (χ3v) is 7.53. The van der Waals surface area contributed by atoms with Gasteiger partial charge in [0.15, 0.2) is 5.13 Å².